The van der Waals surface area contributed by atoms with Gasteiger partial charge in [0.25, 0.3) is 0 Å². The summed E-state index contributed by atoms with van der Waals surface area (Å²) in [6.45, 7) is 2.71. The van der Waals surface area contributed by atoms with Gasteiger partial charge in [-0.15, -0.1) is 23.2 Å². The Morgan fingerprint density at radius 3 is 1.75 bits per heavy atom. The Morgan fingerprint density at radius 2 is 1.67 bits per heavy atom. The van der Waals surface area contributed by atoms with Crippen LogP contribution < -0.4 is 0 Å². The topological polar surface area (TPSA) is 37.3 Å². The van der Waals surface area contributed by atoms with Crippen LogP contribution in [0.15, 0.2) is 0 Å². The van der Waals surface area contributed by atoms with Gasteiger partial charge in [0.15, 0.2) is 4.33 Å². The molecule has 0 saturated carbocycles. The first kappa shape index (κ1) is 12.6. The van der Waals surface area contributed by atoms with E-state index in [9.17, 15) is 4.79 Å². The molecule has 72 valence electrons. The van der Waals surface area contributed by atoms with Crippen molar-refractivity contribution in [3.05, 3.63) is 0 Å². The minimum atomic E-state index is -1.71. The molecule has 1 N–H and O–H groups in total. The number of alkyl halides is 4. The van der Waals surface area contributed by atoms with E-state index in [-0.39, 0.29) is 0 Å². The molecule has 0 aliphatic heterocycles. The summed E-state index contributed by atoms with van der Waals surface area (Å²) >= 11 is 22.2. The highest BCUT2D eigenvalue weighted by atomic mass is 35.5. The number of hydrogen-bond acceptors (Lipinski definition) is 1. The third-order valence-electron chi connectivity index (χ3n) is 1.64. The molecule has 0 aliphatic rings. The lowest BCUT2D eigenvalue weighted by Gasteiger charge is -2.34. The first-order valence-electron chi connectivity index (χ1n) is 3.03. The molecule has 0 rings (SSSR count). The van der Waals surface area contributed by atoms with Gasteiger partial charge in [-0.05, 0) is 13.8 Å². The largest absolute Gasteiger partial charge is 0.481 e. The number of carboxylic acid groups (broad SMARTS) is 1. The molecule has 0 fully saturated rings. The lowest BCUT2D eigenvalue weighted by molar-refractivity contribution is -0.147. The summed E-state index contributed by atoms with van der Waals surface area (Å²) in [5.41, 5.74) is -1.40. The van der Waals surface area contributed by atoms with Crippen molar-refractivity contribution >= 4 is 52.4 Å². The van der Waals surface area contributed by atoms with Crippen LogP contribution in [0.2, 0.25) is 0 Å². The Bertz CT molecular complexity index is 188. The molecular weight excluding hydrogens is 246 g/mol. The van der Waals surface area contributed by atoms with E-state index in [0.717, 1.165) is 0 Å². The Balaban J connectivity index is 4.88. The number of carbonyl (C=O) groups is 1. The Labute approximate surface area is 90.7 Å². The van der Waals surface area contributed by atoms with Crippen molar-refractivity contribution in [2.24, 2.45) is 5.41 Å². The lowest BCUT2D eigenvalue weighted by atomic mass is 9.89. The third kappa shape index (κ3) is 2.11. The summed E-state index contributed by atoms with van der Waals surface area (Å²) in [7, 11) is 0. The molecule has 0 aromatic carbocycles. The van der Waals surface area contributed by atoms with Gasteiger partial charge in [-0.1, -0.05) is 23.2 Å². The SMILES string of the molecule is CC(C)(C(=O)O)C(Cl)(Cl)C(Cl)Cl. The second-order valence-electron chi connectivity index (χ2n) is 2.85. The van der Waals surface area contributed by atoms with E-state index in [1.165, 1.54) is 13.8 Å². The maximum absolute atomic E-state index is 10.7. The Morgan fingerprint density at radius 1 is 1.33 bits per heavy atom. The molecule has 0 unspecified atom stereocenters. The van der Waals surface area contributed by atoms with Crippen molar-refractivity contribution in [3.8, 4) is 0 Å². The van der Waals surface area contributed by atoms with E-state index in [2.05, 4.69) is 0 Å². The number of carboxylic acids is 1. The van der Waals surface area contributed by atoms with Crippen LogP contribution >= 0.6 is 46.4 Å². The molecule has 12 heavy (non-hydrogen) atoms. The molecule has 0 bridgehead atoms. The molecule has 0 atom stereocenters. The van der Waals surface area contributed by atoms with Crippen LogP contribution in [0.25, 0.3) is 0 Å². The van der Waals surface area contributed by atoms with Gasteiger partial charge in [0.2, 0.25) is 0 Å². The Kier molecular flexibility index (Phi) is 3.99. The van der Waals surface area contributed by atoms with E-state index >= 15 is 0 Å². The van der Waals surface area contributed by atoms with Gasteiger partial charge >= 0.3 is 5.97 Å². The molecule has 6 heteroatoms. The standard InChI is InChI=1S/C6H8Cl4O2/c1-5(2,4(11)12)6(9,10)3(7)8/h3H,1-2H3,(H,11,12). The second kappa shape index (κ2) is 3.79. The number of halogens is 4. The van der Waals surface area contributed by atoms with Crippen molar-refractivity contribution in [2.45, 2.75) is 23.0 Å². The van der Waals surface area contributed by atoms with Crippen molar-refractivity contribution < 1.29 is 9.90 Å². The molecular formula is C6H8Cl4O2. The van der Waals surface area contributed by atoms with Crippen LogP contribution in [0.1, 0.15) is 13.8 Å². The highest BCUT2D eigenvalue weighted by molar-refractivity contribution is 6.60. The van der Waals surface area contributed by atoms with Crippen LogP contribution in [-0.4, -0.2) is 20.2 Å². The molecule has 0 radical (unpaired) electrons. The third-order valence-corrected chi connectivity index (χ3v) is 4.12. The van der Waals surface area contributed by atoms with E-state index in [1.807, 2.05) is 0 Å². The predicted octanol–water partition coefficient (Wildman–Crippen LogP) is 3.07. The summed E-state index contributed by atoms with van der Waals surface area (Å²) in [6, 6.07) is 0. The predicted molar refractivity (Wildman–Crippen MR) is 51.3 cm³/mol. The average molecular weight is 254 g/mol. The van der Waals surface area contributed by atoms with Crippen molar-refractivity contribution in [1.82, 2.24) is 0 Å². The summed E-state index contributed by atoms with van der Waals surface area (Å²) in [5, 5.41) is 8.74. The quantitative estimate of drug-likeness (QED) is 0.785. The highest BCUT2D eigenvalue weighted by Crippen LogP contribution is 2.46. The van der Waals surface area contributed by atoms with Crippen LogP contribution in [0.5, 0.6) is 0 Å². The van der Waals surface area contributed by atoms with Crippen molar-refractivity contribution in [1.29, 1.82) is 0 Å². The van der Waals surface area contributed by atoms with Crippen LogP contribution in [0.3, 0.4) is 0 Å². The monoisotopic (exact) mass is 252 g/mol. The maximum Gasteiger partial charge on any atom is 0.312 e. The van der Waals surface area contributed by atoms with Crippen LogP contribution in [-0.2, 0) is 4.79 Å². The van der Waals surface area contributed by atoms with Gasteiger partial charge < -0.3 is 5.11 Å². The Hall–Kier alpha value is 0.630. The fourth-order valence-corrected chi connectivity index (χ4v) is 1.12. The number of hydrogen-bond donors (Lipinski definition) is 1. The zero-order valence-electron chi connectivity index (χ0n) is 6.44. The van der Waals surface area contributed by atoms with E-state index in [4.69, 9.17) is 51.5 Å². The summed E-state index contributed by atoms with van der Waals surface area (Å²) < 4.78 is -1.71. The van der Waals surface area contributed by atoms with Gasteiger partial charge in [0.1, 0.15) is 4.84 Å². The van der Waals surface area contributed by atoms with Crippen LogP contribution in [0, 0.1) is 5.41 Å². The van der Waals surface area contributed by atoms with E-state index in [1.54, 1.807) is 0 Å². The van der Waals surface area contributed by atoms with Crippen molar-refractivity contribution in [2.75, 3.05) is 0 Å². The second-order valence-corrected chi connectivity index (χ2v) is 5.34. The summed E-state index contributed by atoms with van der Waals surface area (Å²) in [5.74, 6) is -1.15. The normalized spacial score (nSPS) is 13.6. The molecule has 0 spiro atoms. The highest BCUT2D eigenvalue weighted by Gasteiger charge is 2.52. The molecule has 2 nitrogen and oxygen atoms in total. The lowest BCUT2D eigenvalue weighted by Crippen LogP contribution is -2.45. The van der Waals surface area contributed by atoms with Gasteiger partial charge in [-0.25, -0.2) is 0 Å². The maximum atomic E-state index is 10.7. The zero-order valence-corrected chi connectivity index (χ0v) is 9.47. The molecule has 0 aromatic rings. The van der Waals surface area contributed by atoms with Gasteiger partial charge in [0.05, 0.1) is 5.41 Å². The van der Waals surface area contributed by atoms with E-state index < -0.39 is 20.6 Å². The zero-order chi connectivity index (χ0) is 10.2. The number of aliphatic carboxylic acids is 1. The average Bonchev–Trinajstić information content (AvgIpc) is 1.86. The van der Waals surface area contributed by atoms with Gasteiger partial charge in [-0.3, -0.25) is 4.79 Å². The van der Waals surface area contributed by atoms with Gasteiger partial charge in [0, 0.05) is 0 Å². The number of rotatable bonds is 3. The smallest absolute Gasteiger partial charge is 0.312 e. The van der Waals surface area contributed by atoms with Crippen LogP contribution in [0.4, 0.5) is 0 Å². The summed E-state index contributed by atoms with van der Waals surface area (Å²) in [4.78, 5) is 9.53. The minimum absolute atomic E-state index is 1.15. The molecule has 0 aliphatic carbocycles. The fraction of sp³-hybridized carbons (Fsp3) is 0.833. The van der Waals surface area contributed by atoms with Gasteiger partial charge in [-0.2, -0.15) is 0 Å². The van der Waals surface area contributed by atoms with E-state index in [0.29, 0.717) is 0 Å². The summed E-state index contributed by atoms with van der Waals surface area (Å²) in [6.07, 6.45) is 0. The van der Waals surface area contributed by atoms with Crippen molar-refractivity contribution in [3.63, 3.8) is 0 Å². The first-order chi connectivity index (χ1) is 5.14. The molecule has 0 saturated heterocycles. The fourth-order valence-electron chi connectivity index (χ4n) is 0.415. The molecule has 0 heterocycles. The molecule has 0 aromatic heterocycles. The first-order valence-corrected chi connectivity index (χ1v) is 4.66. The minimum Gasteiger partial charge on any atom is -0.481 e. The molecule has 0 amide bonds.